The molecule has 2 aromatic rings. The highest BCUT2D eigenvalue weighted by Gasteiger charge is 2.08. The molecule has 0 bridgehead atoms. The van der Waals surface area contributed by atoms with Crippen molar-refractivity contribution in [3.63, 3.8) is 0 Å². The van der Waals surface area contributed by atoms with E-state index in [2.05, 4.69) is 13.8 Å². The van der Waals surface area contributed by atoms with Gasteiger partial charge in [0.25, 0.3) is 0 Å². The summed E-state index contributed by atoms with van der Waals surface area (Å²) in [4.78, 5) is 23.9. The fourth-order valence-electron chi connectivity index (χ4n) is 2.34. The third-order valence-electron chi connectivity index (χ3n) is 3.98. The largest absolute Gasteiger partial charge is 0.493 e. The molecule has 0 aliphatic heterocycles. The SMILES string of the molecule is COc1ccc(/C=C/C(=O)OCc2cc(=O)c(OCCC(C)C)co2)cc1OC. The minimum Gasteiger partial charge on any atom is -0.493 e. The van der Waals surface area contributed by atoms with E-state index < -0.39 is 5.97 Å². The van der Waals surface area contributed by atoms with E-state index in [1.54, 1.807) is 31.4 Å². The Morgan fingerprint density at radius 1 is 1.10 bits per heavy atom. The Kier molecular flexibility index (Phi) is 8.33. The molecule has 0 spiro atoms. The van der Waals surface area contributed by atoms with Crippen LogP contribution in [0.3, 0.4) is 0 Å². The Morgan fingerprint density at radius 2 is 1.86 bits per heavy atom. The maximum Gasteiger partial charge on any atom is 0.331 e. The number of benzene rings is 1. The summed E-state index contributed by atoms with van der Waals surface area (Å²) in [6, 6.07) is 6.52. The van der Waals surface area contributed by atoms with E-state index >= 15 is 0 Å². The lowest BCUT2D eigenvalue weighted by atomic mass is 10.1. The summed E-state index contributed by atoms with van der Waals surface area (Å²) < 4.78 is 26.2. The lowest BCUT2D eigenvalue weighted by molar-refractivity contribution is -0.139. The van der Waals surface area contributed by atoms with Gasteiger partial charge in [-0.25, -0.2) is 4.79 Å². The fourth-order valence-corrected chi connectivity index (χ4v) is 2.34. The number of carbonyl (C=O) groups excluding carboxylic acids is 1. The van der Waals surface area contributed by atoms with Gasteiger partial charge in [-0.05, 0) is 36.1 Å². The Morgan fingerprint density at radius 3 is 2.52 bits per heavy atom. The number of hydrogen-bond acceptors (Lipinski definition) is 7. The highest BCUT2D eigenvalue weighted by Crippen LogP contribution is 2.27. The normalized spacial score (nSPS) is 10.9. The van der Waals surface area contributed by atoms with Crippen LogP contribution in [0.25, 0.3) is 6.08 Å². The number of ether oxygens (including phenoxy) is 4. The van der Waals surface area contributed by atoms with Crippen molar-refractivity contribution in [2.75, 3.05) is 20.8 Å². The summed E-state index contributed by atoms with van der Waals surface area (Å²) in [6.07, 6.45) is 4.95. The molecule has 0 unspecified atom stereocenters. The van der Waals surface area contributed by atoms with Crippen molar-refractivity contribution in [3.8, 4) is 17.2 Å². The molecule has 1 heterocycles. The molecule has 0 saturated heterocycles. The molecular weight excluding hydrogens is 376 g/mol. The van der Waals surface area contributed by atoms with Gasteiger partial charge in [0.15, 0.2) is 11.5 Å². The van der Waals surface area contributed by atoms with Crippen LogP contribution in [-0.2, 0) is 16.1 Å². The van der Waals surface area contributed by atoms with Crippen molar-refractivity contribution in [1.82, 2.24) is 0 Å². The van der Waals surface area contributed by atoms with Gasteiger partial charge in [0.05, 0.1) is 20.8 Å². The molecule has 7 nitrogen and oxygen atoms in total. The summed E-state index contributed by atoms with van der Waals surface area (Å²) >= 11 is 0. The van der Waals surface area contributed by atoms with Crippen LogP contribution in [-0.4, -0.2) is 26.8 Å². The van der Waals surface area contributed by atoms with Crippen molar-refractivity contribution in [3.05, 3.63) is 58.2 Å². The average molecular weight is 402 g/mol. The van der Waals surface area contributed by atoms with Crippen molar-refractivity contribution < 1.29 is 28.2 Å². The minimum atomic E-state index is -0.570. The second-order valence-electron chi connectivity index (χ2n) is 6.66. The molecule has 0 saturated carbocycles. The zero-order chi connectivity index (χ0) is 21.2. The molecule has 156 valence electrons. The summed E-state index contributed by atoms with van der Waals surface area (Å²) in [7, 11) is 3.08. The number of rotatable bonds is 10. The smallest absolute Gasteiger partial charge is 0.331 e. The van der Waals surface area contributed by atoms with Crippen LogP contribution in [0.2, 0.25) is 0 Å². The Labute approximate surface area is 169 Å². The molecule has 0 atom stereocenters. The number of methoxy groups -OCH3 is 2. The predicted octanol–water partition coefficient (Wildman–Crippen LogP) is 3.84. The third kappa shape index (κ3) is 7.03. The Bertz CT molecular complexity index is 896. The first kappa shape index (κ1) is 22.1. The second kappa shape index (κ2) is 10.9. The van der Waals surface area contributed by atoms with Crippen LogP contribution < -0.4 is 19.6 Å². The van der Waals surface area contributed by atoms with Gasteiger partial charge in [0, 0.05) is 12.1 Å². The molecule has 7 heteroatoms. The summed E-state index contributed by atoms with van der Waals surface area (Å²) in [5.74, 6) is 1.44. The number of carbonyl (C=O) groups is 1. The van der Waals surface area contributed by atoms with Crippen molar-refractivity contribution in [2.45, 2.75) is 26.9 Å². The quantitative estimate of drug-likeness (QED) is 0.441. The lowest BCUT2D eigenvalue weighted by Crippen LogP contribution is -2.11. The van der Waals surface area contributed by atoms with Crippen LogP contribution in [0, 0.1) is 5.92 Å². The molecule has 0 aliphatic rings. The van der Waals surface area contributed by atoms with Crippen molar-refractivity contribution in [2.24, 2.45) is 5.92 Å². The molecule has 0 amide bonds. The zero-order valence-electron chi connectivity index (χ0n) is 17.1. The molecule has 1 aromatic carbocycles. The molecule has 0 N–H and O–H groups in total. The lowest BCUT2D eigenvalue weighted by Gasteiger charge is -2.08. The first-order chi connectivity index (χ1) is 13.9. The van der Waals surface area contributed by atoms with E-state index in [9.17, 15) is 9.59 Å². The van der Waals surface area contributed by atoms with Gasteiger partial charge in [-0.15, -0.1) is 0 Å². The maximum absolute atomic E-state index is 12.0. The van der Waals surface area contributed by atoms with Gasteiger partial charge >= 0.3 is 5.97 Å². The first-order valence-corrected chi connectivity index (χ1v) is 9.24. The minimum absolute atomic E-state index is 0.147. The van der Waals surface area contributed by atoms with Crippen molar-refractivity contribution >= 4 is 12.0 Å². The van der Waals surface area contributed by atoms with Crippen LogP contribution in [0.4, 0.5) is 0 Å². The van der Waals surface area contributed by atoms with Crippen LogP contribution in [0.15, 0.2) is 45.8 Å². The monoisotopic (exact) mass is 402 g/mol. The highest BCUT2D eigenvalue weighted by atomic mass is 16.5. The number of esters is 1. The van der Waals surface area contributed by atoms with Gasteiger partial charge in [-0.1, -0.05) is 19.9 Å². The summed E-state index contributed by atoms with van der Waals surface area (Å²) in [5, 5.41) is 0. The molecule has 0 fully saturated rings. The van der Waals surface area contributed by atoms with E-state index in [-0.39, 0.29) is 23.5 Å². The van der Waals surface area contributed by atoms with E-state index in [4.69, 9.17) is 23.4 Å². The van der Waals surface area contributed by atoms with Gasteiger partial charge in [-0.2, -0.15) is 0 Å². The first-order valence-electron chi connectivity index (χ1n) is 9.24. The predicted molar refractivity (Wildman–Crippen MR) is 108 cm³/mol. The molecule has 0 aliphatic carbocycles. The third-order valence-corrected chi connectivity index (χ3v) is 3.98. The van der Waals surface area contributed by atoms with E-state index in [0.717, 1.165) is 12.0 Å². The van der Waals surface area contributed by atoms with Crippen molar-refractivity contribution in [1.29, 1.82) is 0 Å². The van der Waals surface area contributed by atoms with Crippen LogP contribution in [0.1, 0.15) is 31.6 Å². The Hall–Kier alpha value is -3.22. The Balaban J connectivity index is 1.89. The average Bonchev–Trinajstić information content (AvgIpc) is 2.71. The van der Waals surface area contributed by atoms with Gasteiger partial charge in [-0.3, -0.25) is 4.79 Å². The maximum atomic E-state index is 12.0. The van der Waals surface area contributed by atoms with E-state index in [0.29, 0.717) is 24.0 Å². The highest BCUT2D eigenvalue weighted by molar-refractivity contribution is 5.87. The summed E-state index contributed by atoms with van der Waals surface area (Å²) in [6.45, 7) is 4.43. The standard InChI is InChI=1S/C22H26O7/c1-15(2)9-10-27-21-14-28-17(12-18(21)23)13-29-22(24)8-6-16-5-7-19(25-3)20(11-16)26-4/h5-8,11-12,14-15H,9-10,13H2,1-4H3/b8-6+. The second-order valence-corrected chi connectivity index (χ2v) is 6.66. The zero-order valence-corrected chi connectivity index (χ0v) is 17.1. The van der Waals surface area contributed by atoms with E-state index in [1.165, 1.54) is 25.5 Å². The number of hydrogen-bond donors (Lipinski definition) is 0. The van der Waals surface area contributed by atoms with Gasteiger partial charge < -0.3 is 23.4 Å². The van der Waals surface area contributed by atoms with Crippen LogP contribution in [0.5, 0.6) is 17.2 Å². The topological polar surface area (TPSA) is 84.2 Å². The fraction of sp³-hybridized carbons (Fsp3) is 0.364. The molecular formula is C22H26O7. The molecule has 29 heavy (non-hydrogen) atoms. The molecule has 0 radical (unpaired) electrons. The van der Waals surface area contributed by atoms with E-state index in [1.807, 2.05) is 0 Å². The van der Waals surface area contributed by atoms with Gasteiger partial charge in [0.2, 0.25) is 11.2 Å². The van der Waals surface area contributed by atoms with Gasteiger partial charge in [0.1, 0.15) is 18.6 Å². The van der Waals surface area contributed by atoms with Crippen LogP contribution >= 0.6 is 0 Å². The summed E-state index contributed by atoms with van der Waals surface area (Å²) in [5.41, 5.74) is 0.431. The molecule has 1 aromatic heterocycles. The molecule has 2 rings (SSSR count).